The lowest BCUT2D eigenvalue weighted by molar-refractivity contribution is 0.302. The summed E-state index contributed by atoms with van der Waals surface area (Å²) in [5.74, 6) is 0.844. The Morgan fingerprint density at radius 2 is 1.95 bits per heavy atom. The monoisotopic (exact) mass is 342 g/mol. The Morgan fingerprint density at radius 1 is 1.16 bits per heavy atom. The minimum Gasteiger partial charge on any atom is -0.489 e. The summed E-state index contributed by atoms with van der Waals surface area (Å²) in [5.41, 5.74) is 2.75. The van der Waals surface area contributed by atoms with Gasteiger partial charge in [-0.1, -0.05) is 22.0 Å². The quantitative estimate of drug-likeness (QED) is 0.692. The third-order valence-electron chi connectivity index (χ3n) is 2.86. The van der Waals surface area contributed by atoms with Crippen LogP contribution in [-0.4, -0.2) is 0 Å². The Bertz CT molecular complexity index is 586. The lowest BCUT2D eigenvalue weighted by atomic mass is 10.1. The van der Waals surface area contributed by atoms with Gasteiger partial charge in [0.25, 0.3) is 0 Å². The highest BCUT2D eigenvalue weighted by Crippen LogP contribution is 2.26. The first-order valence-corrected chi connectivity index (χ1v) is 7.15. The van der Waals surface area contributed by atoms with E-state index in [1.165, 1.54) is 12.1 Å². The molecular formula is C15H13BrClFO. The molecule has 0 fully saturated rings. The van der Waals surface area contributed by atoms with Crippen molar-refractivity contribution in [1.82, 2.24) is 0 Å². The van der Waals surface area contributed by atoms with E-state index in [2.05, 4.69) is 15.9 Å². The Kier molecular flexibility index (Phi) is 4.83. The molecule has 1 nitrogen and oxygen atoms in total. The molecule has 0 bridgehead atoms. The standard InChI is InChI=1S/C15H13BrClFO/c1-10-2-4-14(18)7-12(10)9-19-15-5-3-13(16)6-11(15)8-17/h2-7H,8-9H2,1H3. The number of hydrogen-bond donors (Lipinski definition) is 0. The molecule has 0 unspecified atom stereocenters. The molecular weight excluding hydrogens is 331 g/mol. The molecule has 0 radical (unpaired) electrons. The maximum absolute atomic E-state index is 13.2. The normalized spacial score (nSPS) is 10.5. The Balaban J connectivity index is 2.16. The molecule has 0 amide bonds. The summed E-state index contributed by atoms with van der Waals surface area (Å²) in [6, 6.07) is 10.4. The molecule has 0 atom stereocenters. The first kappa shape index (κ1) is 14.4. The van der Waals surface area contributed by atoms with Crippen molar-refractivity contribution in [3.05, 3.63) is 63.4 Å². The number of benzene rings is 2. The van der Waals surface area contributed by atoms with Crippen LogP contribution in [0.2, 0.25) is 0 Å². The highest BCUT2D eigenvalue weighted by atomic mass is 79.9. The molecule has 100 valence electrons. The van der Waals surface area contributed by atoms with Crippen molar-refractivity contribution in [3.63, 3.8) is 0 Å². The van der Waals surface area contributed by atoms with Crippen molar-refractivity contribution in [2.24, 2.45) is 0 Å². The molecule has 0 aromatic heterocycles. The van der Waals surface area contributed by atoms with E-state index >= 15 is 0 Å². The molecule has 2 aromatic carbocycles. The average Bonchev–Trinajstić information content (AvgIpc) is 2.40. The van der Waals surface area contributed by atoms with Crippen LogP contribution in [0.4, 0.5) is 4.39 Å². The van der Waals surface area contributed by atoms with Crippen LogP contribution < -0.4 is 4.74 Å². The summed E-state index contributed by atoms with van der Waals surface area (Å²) in [6.45, 7) is 2.26. The van der Waals surface area contributed by atoms with Gasteiger partial charge in [0.15, 0.2) is 0 Å². The van der Waals surface area contributed by atoms with Gasteiger partial charge in [-0.05, 0) is 48.4 Å². The first-order valence-electron chi connectivity index (χ1n) is 5.82. The fraction of sp³-hybridized carbons (Fsp3) is 0.200. The largest absolute Gasteiger partial charge is 0.489 e. The van der Waals surface area contributed by atoms with E-state index in [4.69, 9.17) is 16.3 Å². The molecule has 0 spiro atoms. The van der Waals surface area contributed by atoms with Gasteiger partial charge in [0.2, 0.25) is 0 Å². The van der Waals surface area contributed by atoms with E-state index in [0.717, 1.165) is 26.9 Å². The molecule has 2 rings (SSSR count). The highest BCUT2D eigenvalue weighted by Gasteiger charge is 2.06. The van der Waals surface area contributed by atoms with Gasteiger partial charge < -0.3 is 4.74 Å². The summed E-state index contributed by atoms with van der Waals surface area (Å²) in [4.78, 5) is 0. The predicted octanol–water partition coefficient (Wildman–Crippen LogP) is 5.21. The van der Waals surface area contributed by atoms with Crippen LogP contribution in [0.5, 0.6) is 5.75 Å². The van der Waals surface area contributed by atoms with Gasteiger partial charge in [0, 0.05) is 10.0 Å². The second kappa shape index (κ2) is 6.40. The van der Waals surface area contributed by atoms with E-state index in [0.29, 0.717) is 12.5 Å². The fourth-order valence-corrected chi connectivity index (χ4v) is 2.36. The van der Waals surface area contributed by atoms with Crippen molar-refractivity contribution >= 4 is 27.5 Å². The van der Waals surface area contributed by atoms with Crippen molar-refractivity contribution < 1.29 is 9.13 Å². The molecule has 0 N–H and O–H groups in total. The number of aryl methyl sites for hydroxylation is 1. The van der Waals surface area contributed by atoms with Crippen LogP contribution >= 0.6 is 27.5 Å². The second-order valence-electron chi connectivity index (χ2n) is 4.25. The molecule has 0 heterocycles. The van der Waals surface area contributed by atoms with Crippen molar-refractivity contribution in [2.45, 2.75) is 19.4 Å². The summed E-state index contributed by atoms with van der Waals surface area (Å²) in [7, 11) is 0. The highest BCUT2D eigenvalue weighted by molar-refractivity contribution is 9.10. The molecule has 4 heteroatoms. The van der Waals surface area contributed by atoms with Crippen LogP contribution in [0.1, 0.15) is 16.7 Å². The first-order chi connectivity index (χ1) is 9.10. The molecule has 0 saturated heterocycles. The van der Waals surface area contributed by atoms with Gasteiger partial charge in [0.05, 0.1) is 5.88 Å². The zero-order valence-corrected chi connectivity index (χ0v) is 12.8. The lowest BCUT2D eigenvalue weighted by Gasteiger charge is -2.12. The SMILES string of the molecule is Cc1ccc(F)cc1COc1ccc(Br)cc1CCl. The number of hydrogen-bond acceptors (Lipinski definition) is 1. The third kappa shape index (κ3) is 3.71. The smallest absolute Gasteiger partial charge is 0.124 e. The van der Waals surface area contributed by atoms with E-state index in [1.54, 1.807) is 6.07 Å². The Labute approximate surface area is 125 Å². The zero-order chi connectivity index (χ0) is 13.8. The minimum atomic E-state index is -0.252. The summed E-state index contributed by atoms with van der Waals surface area (Å²) >= 11 is 9.27. The van der Waals surface area contributed by atoms with Crippen LogP contribution in [0.15, 0.2) is 40.9 Å². The molecule has 0 saturated carbocycles. The minimum absolute atomic E-state index is 0.252. The van der Waals surface area contributed by atoms with E-state index in [9.17, 15) is 4.39 Å². The van der Waals surface area contributed by atoms with Crippen molar-refractivity contribution in [1.29, 1.82) is 0 Å². The number of alkyl halides is 1. The fourth-order valence-electron chi connectivity index (χ4n) is 1.74. The molecule has 19 heavy (non-hydrogen) atoms. The Hall–Kier alpha value is -1.06. The van der Waals surface area contributed by atoms with E-state index in [-0.39, 0.29) is 5.82 Å². The van der Waals surface area contributed by atoms with E-state index in [1.807, 2.05) is 25.1 Å². The number of halogens is 3. The Morgan fingerprint density at radius 3 is 2.68 bits per heavy atom. The lowest BCUT2D eigenvalue weighted by Crippen LogP contribution is -2.00. The molecule has 0 aliphatic heterocycles. The van der Waals surface area contributed by atoms with Gasteiger partial charge in [-0.25, -0.2) is 4.39 Å². The maximum atomic E-state index is 13.2. The van der Waals surface area contributed by atoms with Gasteiger partial charge in [-0.3, -0.25) is 0 Å². The van der Waals surface area contributed by atoms with Crippen LogP contribution in [0.25, 0.3) is 0 Å². The maximum Gasteiger partial charge on any atom is 0.124 e. The second-order valence-corrected chi connectivity index (χ2v) is 5.43. The van der Waals surface area contributed by atoms with Crippen molar-refractivity contribution in [2.75, 3.05) is 0 Å². The van der Waals surface area contributed by atoms with Crippen LogP contribution in [0.3, 0.4) is 0 Å². The van der Waals surface area contributed by atoms with E-state index < -0.39 is 0 Å². The van der Waals surface area contributed by atoms with Crippen LogP contribution in [0, 0.1) is 12.7 Å². The van der Waals surface area contributed by atoms with Gasteiger partial charge in [-0.2, -0.15) is 0 Å². The molecule has 0 aliphatic rings. The van der Waals surface area contributed by atoms with Gasteiger partial charge >= 0.3 is 0 Å². The summed E-state index contributed by atoms with van der Waals surface area (Å²) in [6.07, 6.45) is 0. The summed E-state index contributed by atoms with van der Waals surface area (Å²) in [5, 5.41) is 0. The van der Waals surface area contributed by atoms with Gasteiger partial charge in [-0.15, -0.1) is 11.6 Å². The zero-order valence-electron chi connectivity index (χ0n) is 10.4. The molecule has 2 aromatic rings. The van der Waals surface area contributed by atoms with Gasteiger partial charge in [0.1, 0.15) is 18.2 Å². The van der Waals surface area contributed by atoms with Crippen molar-refractivity contribution in [3.8, 4) is 5.75 Å². The average molecular weight is 344 g/mol. The number of ether oxygens (including phenoxy) is 1. The predicted molar refractivity (Wildman–Crippen MR) is 79.2 cm³/mol. The number of rotatable bonds is 4. The summed E-state index contributed by atoms with van der Waals surface area (Å²) < 4.78 is 19.9. The third-order valence-corrected chi connectivity index (χ3v) is 3.64. The molecule has 0 aliphatic carbocycles. The van der Waals surface area contributed by atoms with Crippen LogP contribution in [-0.2, 0) is 12.5 Å². The topological polar surface area (TPSA) is 9.23 Å².